The molecule has 0 spiro atoms. The molecular formula is C18H31ClN2. The minimum atomic E-state index is 0.485. The van der Waals surface area contributed by atoms with Gasteiger partial charge >= 0.3 is 0 Å². The Labute approximate surface area is 136 Å². The van der Waals surface area contributed by atoms with Crippen molar-refractivity contribution in [1.82, 2.24) is 4.90 Å². The normalized spacial score (nSPS) is 16.1. The maximum absolute atomic E-state index is 6.39. The number of hydrogen-bond donors (Lipinski definition) is 0. The number of benzene rings is 1. The van der Waals surface area contributed by atoms with E-state index in [-0.39, 0.29) is 0 Å². The van der Waals surface area contributed by atoms with Crippen molar-refractivity contribution in [2.24, 2.45) is 0 Å². The van der Waals surface area contributed by atoms with Crippen LogP contribution >= 0.6 is 11.6 Å². The van der Waals surface area contributed by atoms with Crippen LogP contribution in [0.4, 0.5) is 5.69 Å². The van der Waals surface area contributed by atoms with Gasteiger partial charge in [-0.15, -0.1) is 0 Å². The van der Waals surface area contributed by atoms with Gasteiger partial charge in [-0.05, 0) is 37.5 Å². The summed E-state index contributed by atoms with van der Waals surface area (Å²) in [6.45, 7) is 17.4. The second-order valence-corrected chi connectivity index (χ2v) is 6.38. The molecule has 2 rings (SSSR count). The topological polar surface area (TPSA) is 6.48 Å². The lowest BCUT2D eigenvalue weighted by Crippen LogP contribution is -2.48. The lowest BCUT2D eigenvalue weighted by Gasteiger charge is -2.38. The van der Waals surface area contributed by atoms with Crippen molar-refractivity contribution in [2.75, 3.05) is 31.1 Å². The van der Waals surface area contributed by atoms with Gasteiger partial charge in [0.15, 0.2) is 0 Å². The molecule has 0 aliphatic carbocycles. The highest BCUT2D eigenvalue weighted by Crippen LogP contribution is 2.29. The fraction of sp³-hybridized carbons (Fsp3) is 0.667. The summed E-state index contributed by atoms with van der Waals surface area (Å²) < 4.78 is 0. The van der Waals surface area contributed by atoms with Crippen LogP contribution in [-0.2, 0) is 0 Å². The van der Waals surface area contributed by atoms with Crippen molar-refractivity contribution in [3.63, 3.8) is 0 Å². The van der Waals surface area contributed by atoms with Crippen LogP contribution in [0.5, 0.6) is 0 Å². The molecular weight excluding hydrogens is 280 g/mol. The Bertz CT molecular complexity index is 421. The number of anilines is 1. The van der Waals surface area contributed by atoms with Gasteiger partial charge < -0.3 is 4.90 Å². The Balaban J connectivity index is 0.00000106. The van der Waals surface area contributed by atoms with Gasteiger partial charge in [-0.2, -0.15) is 0 Å². The molecule has 2 nitrogen and oxygen atoms in total. The Kier molecular flexibility index (Phi) is 7.55. The van der Waals surface area contributed by atoms with E-state index in [1.807, 2.05) is 13.8 Å². The summed E-state index contributed by atoms with van der Waals surface area (Å²) in [5.41, 5.74) is 2.50. The van der Waals surface area contributed by atoms with Crippen LogP contribution in [0.2, 0.25) is 5.02 Å². The van der Waals surface area contributed by atoms with Gasteiger partial charge in [0.1, 0.15) is 0 Å². The highest BCUT2D eigenvalue weighted by atomic mass is 35.5. The number of halogens is 1. The van der Waals surface area contributed by atoms with Gasteiger partial charge in [0.2, 0.25) is 0 Å². The molecule has 0 atom stereocenters. The van der Waals surface area contributed by atoms with Crippen molar-refractivity contribution < 1.29 is 0 Å². The zero-order valence-corrected chi connectivity index (χ0v) is 15.2. The second-order valence-electron chi connectivity index (χ2n) is 5.98. The van der Waals surface area contributed by atoms with Crippen molar-refractivity contribution in [3.05, 3.63) is 28.8 Å². The predicted octanol–water partition coefficient (Wildman–Crippen LogP) is 5.02. The van der Waals surface area contributed by atoms with Crippen molar-refractivity contribution in [2.45, 2.75) is 53.5 Å². The third-order valence-corrected chi connectivity index (χ3v) is 4.34. The second kappa shape index (κ2) is 8.65. The molecule has 3 heteroatoms. The van der Waals surface area contributed by atoms with Crippen molar-refractivity contribution in [1.29, 1.82) is 0 Å². The first-order chi connectivity index (χ1) is 9.99. The summed E-state index contributed by atoms with van der Waals surface area (Å²) in [5, 5.41) is 0.902. The quantitative estimate of drug-likeness (QED) is 0.773. The van der Waals surface area contributed by atoms with Crippen molar-refractivity contribution in [3.8, 4) is 0 Å². The maximum Gasteiger partial charge on any atom is 0.0461 e. The summed E-state index contributed by atoms with van der Waals surface area (Å²) in [6.07, 6.45) is 0. The van der Waals surface area contributed by atoms with E-state index in [1.54, 1.807) is 0 Å². The summed E-state index contributed by atoms with van der Waals surface area (Å²) >= 11 is 6.39. The van der Waals surface area contributed by atoms with Crippen LogP contribution in [0.3, 0.4) is 0 Å². The van der Waals surface area contributed by atoms with E-state index < -0.39 is 0 Å². The Morgan fingerprint density at radius 3 is 1.95 bits per heavy atom. The molecule has 1 aromatic carbocycles. The van der Waals surface area contributed by atoms with E-state index >= 15 is 0 Å². The van der Waals surface area contributed by atoms with Crippen LogP contribution in [0.25, 0.3) is 0 Å². The first-order valence-electron chi connectivity index (χ1n) is 8.27. The molecule has 1 heterocycles. The molecule has 0 N–H and O–H groups in total. The zero-order valence-electron chi connectivity index (χ0n) is 14.5. The van der Waals surface area contributed by atoms with Crippen LogP contribution < -0.4 is 4.90 Å². The van der Waals surface area contributed by atoms with Gasteiger partial charge in [-0.3, -0.25) is 4.90 Å². The molecule has 1 fully saturated rings. The largest absolute Gasteiger partial charge is 0.369 e. The summed E-state index contributed by atoms with van der Waals surface area (Å²) in [7, 11) is 0. The summed E-state index contributed by atoms with van der Waals surface area (Å²) in [5.74, 6) is 0.485. The smallest absolute Gasteiger partial charge is 0.0461 e. The first-order valence-corrected chi connectivity index (χ1v) is 8.65. The predicted molar refractivity (Wildman–Crippen MR) is 95.8 cm³/mol. The molecule has 1 aliphatic heterocycles. The molecule has 0 bridgehead atoms. The van der Waals surface area contributed by atoms with E-state index in [9.17, 15) is 0 Å². The highest BCUT2D eigenvalue weighted by molar-refractivity contribution is 6.31. The van der Waals surface area contributed by atoms with Crippen molar-refractivity contribution >= 4 is 17.3 Å². The van der Waals surface area contributed by atoms with Crippen LogP contribution in [0, 0.1) is 0 Å². The molecule has 120 valence electrons. The molecule has 0 amide bonds. The van der Waals surface area contributed by atoms with Crippen LogP contribution in [-0.4, -0.2) is 37.1 Å². The Hall–Kier alpha value is -0.730. The average Bonchev–Trinajstić information content (AvgIpc) is 2.49. The zero-order chi connectivity index (χ0) is 16.0. The molecule has 0 radical (unpaired) electrons. The molecule has 21 heavy (non-hydrogen) atoms. The highest BCUT2D eigenvalue weighted by Gasteiger charge is 2.19. The van der Waals surface area contributed by atoms with E-state index in [0.29, 0.717) is 12.0 Å². The van der Waals surface area contributed by atoms with E-state index in [0.717, 1.165) is 31.2 Å². The van der Waals surface area contributed by atoms with E-state index in [2.05, 4.69) is 55.7 Å². The number of hydrogen-bond acceptors (Lipinski definition) is 2. The minimum Gasteiger partial charge on any atom is -0.369 e. The third kappa shape index (κ3) is 4.89. The monoisotopic (exact) mass is 310 g/mol. The lowest BCUT2D eigenvalue weighted by atomic mass is 10.0. The molecule has 1 saturated heterocycles. The van der Waals surface area contributed by atoms with Gasteiger partial charge in [0, 0.05) is 42.9 Å². The van der Waals surface area contributed by atoms with Crippen LogP contribution in [0.15, 0.2) is 18.2 Å². The van der Waals surface area contributed by atoms with Gasteiger partial charge in [-0.25, -0.2) is 0 Å². The number of rotatable bonds is 3. The first kappa shape index (κ1) is 18.3. The number of piperazine rings is 1. The van der Waals surface area contributed by atoms with E-state index in [4.69, 9.17) is 11.6 Å². The lowest BCUT2D eigenvalue weighted by molar-refractivity contribution is 0.209. The fourth-order valence-corrected chi connectivity index (χ4v) is 3.07. The molecule has 1 aromatic rings. The molecule has 1 aliphatic rings. The SMILES string of the molecule is CC.CC(C)c1ccc(N2CCN(C(C)C)CC2)cc1Cl. The van der Waals surface area contributed by atoms with E-state index in [1.165, 1.54) is 11.3 Å². The Morgan fingerprint density at radius 2 is 1.52 bits per heavy atom. The third-order valence-electron chi connectivity index (χ3n) is 4.02. The molecule has 0 saturated carbocycles. The number of nitrogens with zero attached hydrogens (tertiary/aromatic N) is 2. The maximum atomic E-state index is 6.39. The molecule has 0 aromatic heterocycles. The van der Waals surface area contributed by atoms with Gasteiger partial charge in [0.05, 0.1) is 0 Å². The van der Waals surface area contributed by atoms with Gasteiger partial charge in [-0.1, -0.05) is 45.4 Å². The van der Waals surface area contributed by atoms with Gasteiger partial charge in [0.25, 0.3) is 0 Å². The fourth-order valence-electron chi connectivity index (χ4n) is 2.68. The molecule has 0 unspecified atom stereocenters. The van der Waals surface area contributed by atoms with Crippen LogP contribution in [0.1, 0.15) is 53.0 Å². The Morgan fingerprint density at radius 1 is 0.952 bits per heavy atom. The minimum absolute atomic E-state index is 0.485. The average molecular weight is 311 g/mol. The summed E-state index contributed by atoms with van der Waals surface area (Å²) in [4.78, 5) is 4.97. The standard InChI is InChI=1S/C16H25ClN2.C2H6/c1-12(2)15-6-5-14(11-16(15)17)19-9-7-18(8-10-19)13(3)4;1-2/h5-6,11-13H,7-10H2,1-4H3;1-2H3. The summed E-state index contributed by atoms with van der Waals surface area (Å²) in [6, 6.07) is 7.17.